The zero-order valence-electron chi connectivity index (χ0n) is 10.9. The summed E-state index contributed by atoms with van der Waals surface area (Å²) < 4.78 is 10.5. The highest BCUT2D eigenvalue weighted by molar-refractivity contribution is 7.99. The third-order valence-corrected chi connectivity index (χ3v) is 3.86. The molecule has 0 aliphatic rings. The molecule has 1 unspecified atom stereocenters. The molecule has 0 amide bonds. The fourth-order valence-electron chi connectivity index (χ4n) is 1.27. The molecule has 0 fully saturated rings. The van der Waals surface area contributed by atoms with Crippen LogP contribution in [0.5, 0.6) is 11.5 Å². The van der Waals surface area contributed by atoms with Crippen molar-refractivity contribution in [1.82, 2.24) is 0 Å². The lowest BCUT2D eigenvalue weighted by molar-refractivity contribution is 0.387. The molecule has 1 rings (SSSR count). The second-order valence-electron chi connectivity index (χ2n) is 4.24. The number of thioether (sulfide) groups is 1. The van der Waals surface area contributed by atoms with E-state index in [1.807, 2.05) is 18.2 Å². The third kappa shape index (κ3) is 4.13. The highest BCUT2D eigenvalue weighted by atomic mass is 32.2. The maximum atomic E-state index is 6.03. The summed E-state index contributed by atoms with van der Waals surface area (Å²) in [5.41, 5.74) is 6.03. The van der Waals surface area contributed by atoms with Gasteiger partial charge >= 0.3 is 0 Å². The molecule has 0 saturated heterocycles. The van der Waals surface area contributed by atoms with Crippen molar-refractivity contribution in [1.29, 1.82) is 0 Å². The zero-order valence-corrected chi connectivity index (χ0v) is 11.7. The molecular weight excluding hydrogens is 234 g/mol. The van der Waals surface area contributed by atoms with Crippen LogP contribution >= 0.6 is 11.8 Å². The zero-order chi connectivity index (χ0) is 12.8. The van der Waals surface area contributed by atoms with E-state index < -0.39 is 0 Å². The summed E-state index contributed by atoms with van der Waals surface area (Å²) >= 11 is 1.72. The Bertz CT molecular complexity index is 355. The summed E-state index contributed by atoms with van der Waals surface area (Å²) in [5, 5.41) is 0. The van der Waals surface area contributed by atoms with Gasteiger partial charge in [0.15, 0.2) is 0 Å². The summed E-state index contributed by atoms with van der Waals surface area (Å²) in [6.45, 7) is 4.27. The van der Waals surface area contributed by atoms with Gasteiger partial charge in [0, 0.05) is 22.8 Å². The number of hydrogen-bond donors (Lipinski definition) is 1. The number of rotatable bonds is 6. The molecule has 1 atom stereocenters. The highest BCUT2D eigenvalue weighted by Crippen LogP contribution is 2.33. The van der Waals surface area contributed by atoms with Crippen molar-refractivity contribution in [3.8, 4) is 11.5 Å². The average Bonchev–Trinajstić information content (AvgIpc) is 2.35. The van der Waals surface area contributed by atoms with Crippen molar-refractivity contribution >= 4 is 11.8 Å². The van der Waals surface area contributed by atoms with Crippen LogP contribution in [0, 0.1) is 5.92 Å². The summed E-state index contributed by atoms with van der Waals surface area (Å²) in [7, 11) is 3.32. The van der Waals surface area contributed by atoms with Gasteiger partial charge in [0.25, 0.3) is 0 Å². The van der Waals surface area contributed by atoms with Crippen LogP contribution in [0.15, 0.2) is 23.1 Å². The van der Waals surface area contributed by atoms with E-state index in [4.69, 9.17) is 15.2 Å². The van der Waals surface area contributed by atoms with Crippen LogP contribution in [-0.2, 0) is 0 Å². The number of hydrogen-bond acceptors (Lipinski definition) is 4. The van der Waals surface area contributed by atoms with Crippen LogP contribution in [0.4, 0.5) is 0 Å². The molecule has 0 aromatic heterocycles. The molecule has 0 heterocycles. The van der Waals surface area contributed by atoms with Gasteiger partial charge in [0.05, 0.1) is 14.2 Å². The van der Waals surface area contributed by atoms with Crippen LogP contribution < -0.4 is 15.2 Å². The van der Waals surface area contributed by atoms with E-state index in [9.17, 15) is 0 Å². The predicted octanol–water partition coefficient (Wildman–Crippen LogP) is 2.78. The smallest absolute Gasteiger partial charge is 0.136 e. The van der Waals surface area contributed by atoms with Gasteiger partial charge in [-0.3, -0.25) is 0 Å². The van der Waals surface area contributed by atoms with Gasteiger partial charge in [-0.1, -0.05) is 13.8 Å². The first-order valence-corrected chi connectivity index (χ1v) is 6.67. The molecule has 2 N–H and O–H groups in total. The maximum Gasteiger partial charge on any atom is 0.136 e. The van der Waals surface area contributed by atoms with Gasteiger partial charge in [0.2, 0.25) is 0 Å². The van der Waals surface area contributed by atoms with E-state index in [1.165, 1.54) is 0 Å². The molecule has 0 bridgehead atoms. The summed E-state index contributed by atoms with van der Waals surface area (Å²) in [6, 6.07) is 6.04. The minimum absolute atomic E-state index is 0.201. The van der Waals surface area contributed by atoms with Gasteiger partial charge in [-0.15, -0.1) is 11.8 Å². The molecule has 96 valence electrons. The molecule has 17 heavy (non-hydrogen) atoms. The molecular formula is C13H21NO2S. The van der Waals surface area contributed by atoms with Gasteiger partial charge in [-0.25, -0.2) is 0 Å². The van der Waals surface area contributed by atoms with Gasteiger partial charge < -0.3 is 15.2 Å². The first-order valence-electron chi connectivity index (χ1n) is 5.69. The minimum Gasteiger partial charge on any atom is -0.497 e. The topological polar surface area (TPSA) is 44.5 Å². The molecule has 4 heteroatoms. The number of methoxy groups -OCH3 is 2. The first-order chi connectivity index (χ1) is 8.08. The fourth-order valence-corrected chi connectivity index (χ4v) is 2.48. The molecule has 1 aromatic rings. The Labute approximate surface area is 108 Å². The number of nitrogens with two attached hydrogens (primary N) is 1. The van der Waals surface area contributed by atoms with Crippen LogP contribution in [-0.4, -0.2) is 26.0 Å². The number of ether oxygens (including phenoxy) is 2. The second-order valence-corrected chi connectivity index (χ2v) is 5.30. The van der Waals surface area contributed by atoms with Crippen molar-refractivity contribution in [2.75, 3.05) is 20.0 Å². The Morgan fingerprint density at radius 2 is 1.94 bits per heavy atom. The monoisotopic (exact) mass is 255 g/mol. The van der Waals surface area contributed by atoms with Gasteiger partial charge in [-0.2, -0.15) is 0 Å². The maximum absolute atomic E-state index is 6.03. The summed E-state index contributed by atoms with van der Waals surface area (Å²) in [4.78, 5) is 1.10. The fraction of sp³-hybridized carbons (Fsp3) is 0.538. The lowest BCUT2D eigenvalue weighted by Gasteiger charge is -2.16. The molecule has 0 radical (unpaired) electrons. The molecule has 1 aromatic carbocycles. The van der Waals surface area contributed by atoms with Gasteiger partial charge in [-0.05, 0) is 18.1 Å². The lowest BCUT2D eigenvalue weighted by atomic mass is 10.1. The summed E-state index contributed by atoms with van der Waals surface area (Å²) in [5.74, 6) is 3.02. The van der Waals surface area contributed by atoms with Gasteiger partial charge in [0.1, 0.15) is 11.5 Å². The normalized spacial score (nSPS) is 12.6. The highest BCUT2D eigenvalue weighted by Gasteiger charge is 2.11. The van der Waals surface area contributed by atoms with Crippen LogP contribution in [0.1, 0.15) is 13.8 Å². The SMILES string of the molecule is COc1ccc(SCC(N)C(C)C)c(OC)c1. The first kappa shape index (κ1) is 14.2. The van der Waals surface area contributed by atoms with E-state index in [2.05, 4.69) is 13.8 Å². The number of benzene rings is 1. The Hall–Kier alpha value is -0.870. The third-order valence-electron chi connectivity index (χ3n) is 2.66. The van der Waals surface area contributed by atoms with Crippen molar-refractivity contribution in [3.63, 3.8) is 0 Å². The lowest BCUT2D eigenvalue weighted by Crippen LogP contribution is -2.28. The van der Waals surface area contributed by atoms with E-state index in [1.54, 1.807) is 26.0 Å². The van der Waals surface area contributed by atoms with E-state index in [0.29, 0.717) is 5.92 Å². The van der Waals surface area contributed by atoms with Crippen LogP contribution in [0.2, 0.25) is 0 Å². The van der Waals surface area contributed by atoms with Crippen molar-refractivity contribution in [2.24, 2.45) is 11.7 Å². The van der Waals surface area contributed by atoms with Crippen molar-refractivity contribution in [3.05, 3.63) is 18.2 Å². The molecule has 0 saturated carbocycles. The Morgan fingerprint density at radius 3 is 2.47 bits per heavy atom. The minimum atomic E-state index is 0.201. The average molecular weight is 255 g/mol. The van der Waals surface area contributed by atoms with E-state index in [0.717, 1.165) is 22.1 Å². The molecule has 3 nitrogen and oxygen atoms in total. The van der Waals surface area contributed by atoms with Crippen molar-refractivity contribution in [2.45, 2.75) is 24.8 Å². The molecule has 0 spiro atoms. The van der Waals surface area contributed by atoms with Crippen molar-refractivity contribution < 1.29 is 9.47 Å². The Morgan fingerprint density at radius 1 is 1.24 bits per heavy atom. The van der Waals surface area contributed by atoms with E-state index in [-0.39, 0.29) is 6.04 Å². The summed E-state index contributed by atoms with van der Waals surface area (Å²) in [6.07, 6.45) is 0. The van der Waals surface area contributed by atoms with E-state index >= 15 is 0 Å². The standard InChI is InChI=1S/C13H21NO2S/c1-9(2)11(14)8-17-13-6-5-10(15-3)7-12(13)16-4/h5-7,9,11H,8,14H2,1-4H3. The second kappa shape index (κ2) is 6.77. The Kier molecular flexibility index (Phi) is 5.65. The largest absolute Gasteiger partial charge is 0.497 e. The Balaban J connectivity index is 2.70. The van der Waals surface area contributed by atoms with Crippen LogP contribution in [0.25, 0.3) is 0 Å². The van der Waals surface area contributed by atoms with Crippen LogP contribution in [0.3, 0.4) is 0 Å². The quantitative estimate of drug-likeness (QED) is 0.794. The molecule has 0 aliphatic carbocycles. The predicted molar refractivity (Wildman–Crippen MR) is 73.1 cm³/mol. The molecule has 0 aliphatic heterocycles.